The number of hydrogen-bond donors (Lipinski definition) is 1. The number of nitrogens with one attached hydrogen (secondary N) is 1. The van der Waals surface area contributed by atoms with Gasteiger partial charge >= 0.3 is 0 Å². The minimum atomic E-state index is -3.87. The molecule has 9 heteroatoms. The molecule has 198 valence electrons. The van der Waals surface area contributed by atoms with Crippen LogP contribution in [-0.4, -0.2) is 18.6 Å². The average Bonchev–Trinajstić information content (AvgIpc) is 3.37. The Morgan fingerprint density at radius 1 is 0.974 bits per heavy atom. The molecule has 1 aromatic heterocycles. The molecule has 39 heavy (non-hydrogen) atoms. The van der Waals surface area contributed by atoms with Crippen LogP contribution in [0.4, 0.5) is 5.69 Å². The lowest BCUT2D eigenvalue weighted by Gasteiger charge is -2.21. The van der Waals surface area contributed by atoms with Gasteiger partial charge < -0.3 is 9.73 Å². The summed E-state index contributed by atoms with van der Waals surface area (Å²) in [4.78, 5) is 12.9. The average molecular weight is 560 g/mol. The Hall–Kier alpha value is -4.16. The van der Waals surface area contributed by atoms with Crippen molar-refractivity contribution < 1.29 is 17.6 Å². The standard InChI is InChI=1S/C30H26ClN3O4S/c1-21-8-13-26(16-22(21)2)33-30(35)24(18-32)17-27-14-15-28(38-27)20-34(19-23-9-11-25(31)12-10-23)39(36,37)29-6-4-3-5-7-29/h3-17H,19-20H2,1-2H3,(H,33,35)/b24-17-. The van der Waals surface area contributed by atoms with Crippen molar-refractivity contribution in [1.82, 2.24) is 4.31 Å². The van der Waals surface area contributed by atoms with Crippen LogP contribution in [0.5, 0.6) is 0 Å². The van der Waals surface area contributed by atoms with Crippen molar-refractivity contribution in [1.29, 1.82) is 5.26 Å². The van der Waals surface area contributed by atoms with Gasteiger partial charge in [0.25, 0.3) is 5.91 Å². The first kappa shape index (κ1) is 27.9. The molecule has 0 radical (unpaired) electrons. The van der Waals surface area contributed by atoms with Crippen LogP contribution in [0.25, 0.3) is 6.08 Å². The number of carbonyl (C=O) groups excluding carboxylic acids is 1. The summed E-state index contributed by atoms with van der Waals surface area (Å²) < 4.78 is 34.1. The normalized spacial score (nSPS) is 11.8. The van der Waals surface area contributed by atoms with Crippen molar-refractivity contribution in [3.63, 3.8) is 0 Å². The summed E-state index contributed by atoms with van der Waals surface area (Å²) in [5.41, 5.74) is 3.28. The first-order valence-electron chi connectivity index (χ1n) is 12.0. The van der Waals surface area contributed by atoms with Crippen LogP contribution in [0.1, 0.15) is 28.2 Å². The second-order valence-corrected chi connectivity index (χ2v) is 11.3. The number of benzene rings is 3. The molecule has 1 N–H and O–H groups in total. The second kappa shape index (κ2) is 12.1. The Morgan fingerprint density at radius 3 is 2.36 bits per heavy atom. The molecule has 0 spiro atoms. The van der Waals surface area contributed by atoms with Crippen molar-refractivity contribution in [2.24, 2.45) is 0 Å². The number of nitriles is 1. The quantitative estimate of drug-likeness (QED) is 0.186. The predicted octanol–water partition coefficient (Wildman–Crippen LogP) is 6.49. The third-order valence-corrected chi connectivity index (χ3v) is 8.14. The van der Waals surface area contributed by atoms with Gasteiger partial charge in [0.1, 0.15) is 23.2 Å². The number of carbonyl (C=O) groups is 1. The van der Waals surface area contributed by atoms with Crippen LogP contribution in [0.15, 0.2) is 99.8 Å². The topological polar surface area (TPSA) is 103 Å². The molecule has 0 atom stereocenters. The van der Waals surface area contributed by atoms with Crippen molar-refractivity contribution >= 4 is 39.3 Å². The third-order valence-electron chi connectivity index (χ3n) is 6.08. The lowest BCUT2D eigenvalue weighted by Crippen LogP contribution is -2.30. The molecule has 1 amide bonds. The summed E-state index contributed by atoms with van der Waals surface area (Å²) >= 11 is 6.00. The Labute approximate surface area is 233 Å². The van der Waals surface area contributed by atoms with E-state index in [2.05, 4.69) is 5.32 Å². The van der Waals surface area contributed by atoms with Gasteiger partial charge in [-0.25, -0.2) is 8.42 Å². The fourth-order valence-electron chi connectivity index (χ4n) is 3.80. The molecule has 4 rings (SSSR count). The summed E-state index contributed by atoms with van der Waals surface area (Å²) in [6.07, 6.45) is 1.33. The van der Waals surface area contributed by atoms with E-state index in [9.17, 15) is 18.5 Å². The minimum absolute atomic E-state index is 0.0651. The lowest BCUT2D eigenvalue weighted by molar-refractivity contribution is -0.112. The summed E-state index contributed by atoms with van der Waals surface area (Å²) in [7, 11) is -3.87. The van der Waals surface area contributed by atoms with E-state index < -0.39 is 15.9 Å². The Balaban J connectivity index is 1.56. The first-order valence-corrected chi connectivity index (χ1v) is 13.9. The van der Waals surface area contributed by atoms with E-state index >= 15 is 0 Å². The monoisotopic (exact) mass is 559 g/mol. The summed E-state index contributed by atoms with van der Waals surface area (Å²) in [6, 6.07) is 25.7. The van der Waals surface area contributed by atoms with Crippen LogP contribution < -0.4 is 5.32 Å². The van der Waals surface area contributed by atoms with Crippen LogP contribution in [0.2, 0.25) is 5.02 Å². The second-order valence-electron chi connectivity index (χ2n) is 8.94. The smallest absolute Gasteiger partial charge is 0.266 e. The molecular formula is C30H26ClN3O4S. The van der Waals surface area contributed by atoms with Gasteiger partial charge in [-0.1, -0.05) is 48.0 Å². The molecule has 7 nitrogen and oxygen atoms in total. The van der Waals surface area contributed by atoms with Crippen molar-refractivity contribution in [2.45, 2.75) is 31.8 Å². The SMILES string of the molecule is Cc1ccc(NC(=O)/C(C#N)=C\c2ccc(CN(Cc3ccc(Cl)cc3)S(=O)(=O)c3ccccc3)o2)cc1C. The highest BCUT2D eigenvalue weighted by molar-refractivity contribution is 7.89. The minimum Gasteiger partial charge on any atom is -0.460 e. The zero-order valence-corrected chi connectivity index (χ0v) is 23.0. The van der Waals surface area contributed by atoms with Gasteiger partial charge in [-0.05, 0) is 79.1 Å². The van der Waals surface area contributed by atoms with E-state index in [0.29, 0.717) is 16.5 Å². The molecule has 3 aromatic carbocycles. The van der Waals surface area contributed by atoms with Gasteiger partial charge in [-0.15, -0.1) is 0 Å². The number of rotatable bonds is 9. The molecule has 0 saturated heterocycles. The lowest BCUT2D eigenvalue weighted by atomic mass is 10.1. The van der Waals surface area contributed by atoms with E-state index in [1.54, 1.807) is 60.7 Å². The van der Waals surface area contributed by atoms with E-state index in [-0.39, 0.29) is 29.3 Å². The highest BCUT2D eigenvalue weighted by atomic mass is 35.5. The molecular weight excluding hydrogens is 534 g/mol. The summed E-state index contributed by atoms with van der Waals surface area (Å²) in [6.45, 7) is 3.93. The number of hydrogen-bond acceptors (Lipinski definition) is 5. The van der Waals surface area contributed by atoms with Crippen LogP contribution >= 0.6 is 11.6 Å². The van der Waals surface area contributed by atoms with Gasteiger partial charge in [0.2, 0.25) is 10.0 Å². The number of anilines is 1. The molecule has 0 aliphatic carbocycles. The van der Waals surface area contributed by atoms with E-state index in [4.69, 9.17) is 16.0 Å². The van der Waals surface area contributed by atoms with Crippen molar-refractivity contribution in [2.75, 3.05) is 5.32 Å². The van der Waals surface area contributed by atoms with Gasteiger partial charge in [-0.3, -0.25) is 4.79 Å². The largest absolute Gasteiger partial charge is 0.460 e. The number of aryl methyl sites for hydroxylation is 2. The predicted molar refractivity (Wildman–Crippen MR) is 151 cm³/mol. The fraction of sp³-hybridized carbons (Fsp3) is 0.133. The molecule has 0 fully saturated rings. The number of furan rings is 1. The number of sulfonamides is 1. The number of halogens is 1. The maximum Gasteiger partial charge on any atom is 0.266 e. The number of amides is 1. The van der Waals surface area contributed by atoms with Crippen molar-refractivity contribution in [3.05, 3.63) is 124 Å². The number of nitrogens with zero attached hydrogens (tertiary/aromatic N) is 2. The van der Waals surface area contributed by atoms with Gasteiger partial charge in [0.05, 0.1) is 11.4 Å². The van der Waals surface area contributed by atoms with Crippen LogP contribution in [-0.2, 0) is 27.9 Å². The summed E-state index contributed by atoms with van der Waals surface area (Å²) in [5, 5.41) is 12.9. The maximum absolute atomic E-state index is 13.5. The highest BCUT2D eigenvalue weighted by Gasteiger charge is 2.26. The van der Waals surface area contributed by atoms with Gasteiger partial charge in [0, 0.05) is 23.3 Å². The highest BCUT2D eigenvalue weighted by Crippen LogP contribution is 2.24. The zero-order chi connectivity index (χ0) is 28.0. The van der Waals surface area contributed by atoms with E-state index in [0.717, 1.165) is 16.7 Å². The maximum atomic E-state index is 13.5. The summed E-state index contributed by atoms with van der Waals surface area (Å²) in [5.74, 6) is 0.0247. The molecule has 0 aliphatic rings. The molecule has 0 bridgehead atoms. The molecule has 1 heterocycles. The van der Waals surface area contributed by atoms with Gasteiger partial charge in [0.15, 0.2) is 0 Å². The zero-order valence-electron chi connectivity index (χ0n) is 21.4. The molecule has 0 unspecified atom stereocenters. The third kappa shape index (κ3) is 7.03. The molecule has 0 aliphatic heterocycles. The Kier molecular flexibility index (Phi) is 8.67. The Morgan fingerprint density at radius 2 is 1.69 bits per heavy atom. The van der Waals surface area contributed by atoms with Crippen LogP contribution in [0, 0.1) is 25.2 Å². The van der Waals surface area contributed by atoms with Gasteiger partial charge in [-0.2, -0.15) is 9.57 Å². The van der Waals surface area contributed by atoms with Crippen LogP contribution in [0.3, 0.4) is 0 Å². The first-order chi connectivity index (χ1) is 18.7. The fourth-order valence-corrected chi connectivity index (χ4v) is 5.34. The molecule has 4 aromatic rings. The molecule has 0 saturated carbocycles. The Bertz CT molecular complexity index is 1650. The van der Waals surface area contributed by atoms with E-state index in [1.165, 1.54) is 22.5 Å². The van der Waals surface area contributed by atoms with E-state index in [1.807, 2.05) is 32.0 Å². The van der Waals surface area contributed by atoms with Crippen molar-refractivity contribution in [3.8, 4) is 6.07 Å².